The van der Waals surface area contributed by atoms with Crippen LogP contribution in [0.1, 0.15) is 12.0 Å². The van der Waals surface area contributed by atoms with Gasteiger partial charge in [0.05, 0.1) is 18.9 Å². The first-order valence-electron chi connectivity index (χ1n) is 6.69. The van der Waals surface area contributed by atoms with Crippen molar-refractivity contribution in [1.82, 2.24) is 9.97 Å². The molecule has 2 heterocycles. The van der Waals surface area contributed by atoms with Gasteiger partial charge in [-0.2, -0.15) is 0 Å². The van der Waals surface area contributed by atoms with Gasteiger partial charge in [-0.25, -0.2) is 14.4 Å². The van der Waals surface area contributed by atoms with E-state index in [0.717, 1.165) is 5.56 Å². The average Bonchev–Trinajstić information content (AvgIpc) is 2.93. The maximum Gasteiger partial charge on any atom is 0.225 e. The molecule has 5 heteroatoms. The zero-order valence-corrected chi connectivity index (χ0v) is 11.1. The van der Waals surface area contributed by atoms with Crippen LogP contribution in [0.25, 0.3) is 0 Å². The molecule has 20 heavy (non-hydrogen) atoms. The van der Waals surface area contributed by atoms with E-state index in [9.17, 15) is 4.39 Å². The lowest BCUT2D eigenvalue weighted by atomic mass is 10.2. The molecular formula is C15H16FN3O. The first kappa shape index (κ1) is 12.8. The van der Waals surface area contributed by atoms with Crippen molar-refractivity contribution in [3.05, 3.63) is 48.3 Å². The molecule has 0 aliphatic carbocycles. The Bertz CT molecular complexity index is 547. The standard InChI is InChI=1S/C15H16FN3O/c16-13-6-7-19(10-13)15-17-8-14(9-18-15)20-11-12-4-2-1-3-5-12/h1-5,8-9,13H,6-7,10-11H2. The van der Waals surface area contributed by atoms with E-state index in [1.54, 1.807) is 12.4 Å². The summed E-state index contributed by atoms with van der Waals surface area (Å²) in [4.78, 5) is 10.3. The summed E-state index contributed by atoms with van der Waals surface area (Å²) in [7, 11) is 0. The van der Waals surface area contributed by atoms with E-state index < -0.39 is 6.17 Å². The third-order valence-electron chi connectivity index (χ3n) is 3.28. The molecule has 1 unspecified atom stereocenters. The Kier molecular flexibility index (Phi) is 3.76. The molecule has 1 fully saturated rings. The molecule has 0 saturated carbocycles. The molecule has 1 saturated heterocycles. The van der Waals surface area contributed by atoms with Gasteiger partial charge in [-0.15, -0.1) is 0 Å². The lowest BCUT2D eigenvalue weighted by molar-refractivity contribution is 0.303. The van der Waals surface area contributed by atoms with Gasteiger partial charge >= 0.3 is 0 Å². The summed E-state index contributed by atoms with van der Waals surface area (Å²) in [5.41, 5.74) is 1.09. The second kappa shape index (κ2) is 5.86. The molecule has 1 atom stereocenters. The first-order valence-corrected chi connectivity index (χ1v) is 6.69. The van der Waals surface area contributed by atoms with E-state index in [1.165, 1.54) is 0 Å². The number of halogens is 1. The highest BCUT2D eigenvalue weighted by Gasteiger charge is 2.23. The smallest absolute Gasteiger partial charge is 0.225 e. The molecule has 0 radical (unpaired) electrons. The van der Waals surface area contributed by atoms with E-state index in [-0.39, 0.29) is 0 Å². The molecule has 104 valence electrons. The van der Waals surface area contributed by atoms with Gasteiger partial charge in [-0.1, -0.05) is 30.3 Å². The van der Waals surface area contributed by atoms with Gasteiger partial charge in [0.15, 0.2) is 5.75 Å². The van der Waals surface area contributed by atoms with E-state index in [1.807, 2.05) is 35.2 Å². The van der Waals surface area contributed by atoms with Gasteiger partial charge in [-0.05, 0) is 12.0 Å². The summed E-state index contributed by atoms with van der Waals surface area (Å²) in [5, 5.41) is 0. The van der Waals surface area contributed by atoms with Gasteiger partial charge in [-0.3, -0.25) is 0 Å². The van der Waals surface area contributed by atoms with Gasteiger partial charge in [0.2, 0.25) is 5.95 Å². The van der Waals surface area contributed by atoms with Gasteiger partial charge in [0, 0.05) is 6.54 Å². The lowest BCUT2D eigenvalue weighted by Crippen LogP contribution is -2.22. The van der Waals surface area contributed by atoms with Gasteiger partial charge < -0.3 is 9.64 Å². The summed E-state index contributed by atoms with van der Waals surface area (Å²) < 4.78 is 18.7. The van der Waals surface area contributed by atoms with Crippen molar-refractivity contribution in [3.8, 4) is 5.75 Å². The molecule has 1 aromatic heterocycles. The number of benzene rings is 1. The normalized spacial score (nSPS) is 18.2. The summed E-state index contributed by atoms with van der Waals surface area (Å²) >= 11 is 0. The molecule has 0 spiro atoms. The Morgan fingerprint density at radius 3 is 2.60 bits per heavy atom. The molecule has 1 aromatic carbocycles. The molecule has 0 bridgehead atoms. The highest BCUT2D eigenvalue weighted by atomic mass is 19.1. The fraction of sp³-hybridized carbons (Fsp3) is 0.333. The molecule has 3 rings (SSSR count). The molecule has 1 aliphatic heterocycles. The van der Waals surface area contributed by atoms with Crippen LogP contribution in [0.2, 0.25) is 0 Å². The second-order valence-corrected chi connectivity index (χ2v) is 4.83. The zero-order valence-electron chi connectivity index (χ0n) is 11.1. The maximum atomic E-state index is 13.1. The van der Waals surface area contributed by atoms with Crippen LogP contribution in [0, 0.1) is 0 Å². The summed E-state index contributed by atoms with van der Waals surface area (Å²) in [6.07, 6.45) is 3.05. The van der Waals surface area contributed by atoms with Crippen molar-refractivity contribution >= 4 is 5.95 Å². The Hall–Kier alpha value is -2.17. The van der Waals surface area contributed by atoms with E-state index in [2.05, 4.69) is 9.97 Å². The van der Waals surface area contributed by atoms with E-state index in [0.29, 0.717) is 37.8 Å². The maximum absolute atomic E-state index is 13.1. The Labute approximate surface area is 117 Å². The molecule has 2 aromatic rings. The summed E-state index contributed by atoms with van der Waals surface area (Å²) in [6.45, 7) is 1.54. The monoisotopic (exact) mass is 273 g/mol. The lowest BCUT2D eigenvalue weighted by Gasteiger charge is -2.14. The summed E-state index contributed by atoms with van der Waals surface area (Å²) in [6, 6.07) is 9.91. The van der Waals surface area contributed by atoms with Crippen LogP contribution in [0.15, 0.2) is 42.7 Å². The Balaban J connectivity index is 1.59. The molecule has 0 N–H and O–H groups in total. The first-order chi connectivity index (χ1) is 9.81. The van der Waals surface area contributed by atoms with Crippen molar-refractivity contribution in [3.63, 3.8) is 0 Å². The SMILES string of the molecule is FC1CCN(c2ncc(OCc3ccccc3)cn2)C1. The predicted molar refractivity (Wildman–Crippen MR) is 74.5 cm³/mol. The third kappa shape index (κ3) is 3.04. The van der Waals surface area contributed by atoms with Crippen LogP contribution in [0.5, 0.6) is 5.75 Å². The van der Waals surface area contributed by atoms with Gasteiger partial charge in [0.25, 0.3) is 0 Å². The quantitative estimate of drug-likeness (QED) is 0.858. The topological polar surface area (TPSA) is 38.2 Å². The fourth-order valence-electron chi connectivity index (χ4n) is 2.19. The van der Waals surface area contributed by atoms with Crippen LogP contribution in [0.4, 0.5) is 10.3 Å². The molecular weight excluding hydrogens is 257 g/mol. The van der Waals surface area contributed by atoms with Crippen molar-refractivity contribution in [2.45, 2.75) is 19.2 Å². The summed E-state index contributed by atoms with van der Waals surface area (Å²) in [5.74, 6) is 1.19. The second-order valence-electron chi connectivity index (χ2n) is 4.83. The van der Waals surface area contributed by atoms with Crippen molar-refractivity contribution in [2.75, 3.05) is 18.0 Å². The van der Waals surface area contributed by atoms with Crippen molar-refractivity contribution in [2.24, 2.45) is 0 Å². The van der Waals surface area contributed by atoms with E-state index >= 15 is 0 Å². The third-order valence-corrected chi connectivity index (χ3v) is 3.28. The van der Waals surface area contributed by atoms with Crippen LogP contribution >= 0.6 is 0 Å². The van der Waals surface area contributed by atoms with Crippen LogP contribution in [-0.4, -0.2) is 29.2 Å². The highest BCUT2D eigenvalue weighted by Crippen LogP contribution is 2.19. The minimum atomic E-state index is -0.771. The molecule has 0 amide bonds. The number of hydrogen-bond donors (Lipinski definition) is 0. The number of alkyl halides is 1. The molecule has 4 nitrogen and oxygen atoms in total. The van der Waals surface area contributed by atoms with Gasteiger partial charge in [0.1, 0.15) is 12.8 Å². The number of ether oxygens (including phenoxy) is 1. The minimum Gasteiger partial charge on any atom is -0.486 e. The number of aromatic nitrogens is 2. The van der Waals surface area contributed by atoms with Crippen molar-refractivity contribution < 1.29 is 9.13 Å². The Morgan fingerprint density at radius 1 is 1.20 bits per heavy atom. The van der Waals surface area contributed by atoms with Crippen molar-refractivity contribution in [1.29, 1.82) is 0 Å². The van der Waals surface area contributed by atoms with Crippen LogP contribution in [-0.2, 0) is 6.61 Å². The van der Waals surface area contributed by atoms with Crippen LogP contribution in [0.3, 0.4) is 0 Å². The Morgan fingerprint density at radius 2 is 1.95 bits per heavy atom. The van der Waals surface area contributed by atoms with Crippen LogP contribution < -0.4 is 9.64 Å². The fourth-order valence-corrected chi connectivity index (χ4v) is 2.19. The highest BCUT2D eigenvalue weighted by molar-refractivity contribution is 5.33. The predicted octanol–water partition coefficient (Wildman–Crippen LogP) is 2.60. The average molecular weight is 273 g/mol. The zero-order chi connectivity index (χ0) is 13.8. The number of hydrogen-bond acceptors (Lipinski definition) is 4. The minimum absolute atomic E-state index is 0.379. The van der Waals surface area contributed by atoms with E-state index in [4.69, 9.17) is 4.74 Å². The number of nitrogens with zero attached hydrogens (tertiary/aromatic N) is 3. The number of anilines is 1. The largest absolute Gasteiger partial charge is 0.486 e. The number of rotatable bonds is 4. The molecule has 1 aliphatic rings.